The van der Waals surface area contributed by atoms with Gasteiger partial charge in [-0.2, -0.15) is 0 Å². The van der Waals surface area contributed by atoms with Gasteiger partial charge in [-0.15, -0.1) is 0 Å². The van der Waals surface area contributed by atoms with E-state index >= 15 is 0 Å². The van der Waals surface area contributed by atoms with Crippen molar-refractivity contribution in [2.75, 3.05) is 37.8 Å². The lowest BCUT2D eigenvalue weighted by molar-refractivity contribution is -0.119. The number of carbonyl (C=O) groups is 2. The third-order valence-corrected chi connectivity index (χ3v) is 7.76. The van der Waals surface area contributed by atoms with Crippen molar-refractivity contribution < 1.29 is 19.1 Å². The normalized spacial score (nSPS) is 10.8. The van der Waals surface area contributed by atoms with E-state index in [4.69, 9.17) is 32.7 Å². The predicted octanol–water partition coefficient (Wildman–Crippen LogP) is 5.51. The molecule has 0 fully saturated rings. The molecule has 0 spiro atoms. The second-order valence-corrected chi connectivity index (χ2v) is 11.0. The van der Waals surface area contributed by atoms with Gasteiger partial charge in [-0.1, -0.05) is 58.9 Å². The molecule has 0 atom stereocenters. The molecule has 0 saturated heterocycles. The number of hydrogen-bond acceptors (Lipinski definition) is 8. The number of fused-ring (bicyclic) bond motifs is 1. The lowest BCUT2D eigenvalue weighted by atomic mass is 10.3. The van der Waals surface area contributed by atoms with Gasteiger partial charge < -0.3 is 20.1 Å². The molecule has 1 aromatic heterocycles. The predicted molar refractivity (Wildman–Crippen MR) is 161 cm³/mol. The number of ether oxygens (including phenoxy) is 2. The highest BCUT2D eigenvalue weighted by molar-refractivity contribution is 8.02. The number of amides is 2. The Bertz CT molecular complexity index is 1320. The second kappa shape index (κ2) is 15.6. The van der Waals surface area contributed by atoms with Crippen molar-refractivity contribution in [3.63, 3.8) is 0 Å². The van der Waals surface area contributed by atoms with E-state index in [-0.39, 0.29) is 23.3 Å². The van der Waals surface area contributed by atoms with Crippen molar-refractivity contribution in [1.29, 1.82) is 0 Å². The summed E-state index contributed by atoms with van der Waals surface area (Å²) < 4.78 is 11.2. The third kappa shape index (κ3) is 9.78. The first-order valence-electron chi connectivity index (χ1n) is 12.3. The number of carbonyl (C=O) groups excluding carboxylic acids is 2. The molecule has 12 heteroatoms. The molecule has 2 N–H and O–H groups in total. The van der Waals surface area contributed by atoms with Gasteiger partial charge in [0.1, 0.15) is 34.8 Å². The van der Waals surface area contributed by atoms with Gasteiger partial charge >= 0.3 is 0 Å². The average Bonchev–Trinajstić information content (AvgIpc) is 2.97. The standard InChI is InChI=1S/C28H26Cl2N4O4S2/c29-19-5-9-21(10-6-19)37-15-13-31-25(35)17-39-27-28(34-24-4-2-1-3-23(24)33-27)40-18-26(36)32-14-16-38-22-11-7-20(30)8-12-22/h1-12H,13-18H2,(H,31,35)(H,32,36). The van der Waals surface area contributed by atoms with Gasteiger partial charge in [-0.3, -0.25) is 9.59 Å². The van der Waals surface area contributed by atoms with E-state index in [1.165, 1.54) is 23.5 Å². The lowest BCUT2D eigenvalue weighted by Crippen LogP contribution is -2.29. The van der Waals surface area contributed by atoms with Crippen LogP contribution in [-0.2, 0) is 9.59 Å². The molecule has 0 unspecified atom stereocenters. The Morgan fingerprint density at radius 1 is 0.650 bits per heavy atom. The number of thioether (sulfide) groups is 2. The van der Waals surface area contributed by atoms with Crippen LogP contribution in [0.25, 0.3) is 11.0 Å². The molecule has 4 rings (SSSR count). The smallest absolute Gasteiger partial charge is 0.230 e. The highest BCUT2D eigenvalue weighted by Gasteiger charge is 2.14. The quantitative estimate of drug-likeness (QED) is 0.141. The Kier molecular flexibility index (Phi) is 11.6. The molecule has 0 radical (unpaired) electrons. The number of nitrogens with zero attached hydrogens (tertiary/aromatic N) is 2. The van der Waals surface area contributed by atoms with Crippen molar-refractivity contribution in [2.24, 2.45) is 0 Å². The minimum atomic E-state index is -0.158. The third-order valence-electron chi connectivity index (χ3n) is 5.20. The van der Waals surface area contributed by atoms with Crippen LogP contribution in [0.2, 0.25) is 10.0 Å². The van der Waals surface area contributed by atoms with Crippen molar-refractivity contribution >= 4 is 69.6 Å². The molecule has 8 nitrogen and oxygen atoms in total. The monoisotopic (exact) mass is 616 g/mol. The van der Waals surface area contributed by atoms with Crippen molar-refractivity contribution in [2.45, 2.75) is 10.1 Å². The zero-order valence-corrected chi connectivity index (χ0v) is 24.4. The highest BCUT2D eigenvalue weighted by atomic mass is 35.5. The maximum Gasteiger partial charge on any atom is 0.230 e. The number of hydrogen-bond donors (Lipinski definition) is 2. The SMILES string of the molecule is O=C(CSc1nc2ccccc2nc1SCC(=O)NCCOc1ccc(Cl)cc1)NCCOc1ccc(Cl)cc1. The first-order chi connectivity index (χ1) is 19.5. The van der Waals surface area contributed by atoms with Crippen LogP contribution in [0.4, 0.5) is 0 Å². The molecule has 40 heavy (non-hydrogen) atoms. The summed E-state index contributed by atoms with van der Waals surface area (Å²) in [6.45, 7) is 1.37. The second-order valence-electron chi connectivity index (χ2n) is 8.20. The Hall–Kier alpha value is -3.18. The summed E-state index contributed by atoms with van der Waals surface area (Å²) in [6, 6.07) is 21.5. The molecule has 0 aliphatic carbocycles. The number of para-hydroxylation sites is 2. The number of halogens is 2. The molecule has 0 aliphatic rings. The fourth-order valence-corrected chi connectivity index (χ4v) is 5.32. The zero-order chi connectivity index (χ0) is 28.2. The summed E-state index contributed by atoms with van der Waals surface area (Å²) in [5.74, 6) is 1.34. The minimum absolute atomic E-state index is 0.149. The maximum atomic E-state index is 12.4. The Balaban J connectivity index is 1.24. The Morgan fingerprint density at radius 2 is 1.05 bits per heavy atom. The summed E-state index contributed by atoms with van der Waals surface area (Å²) in [6.07, 6.45) is 0. The van der Waals surface area contributed by atoms with Gasteiger partial charge in [0.05, 0.1) is 35.6 Å². The average molecular weight is 618 g/mol. The van der Waals surface area contributed by atoms with Gasteiger partial charge in [-0.05, 0) is 60.7 Å². The molecule has 3 aromatic carbocycles. The molecule has 4 aromatic rings. The summed E-state index contributed by atoms with van der Waals surface area (Å²) in [5, 5.41) is 8.12. The summed E-state index contributed by atoms with van der Waals surface area (Å²) in [4.78, 5) is 34.2. The molecular weight excluding hydrogens is 591 g/mol. The van der Waals surface area contributed by atoms with Crippen LogP contribution in [0.5, 0.6) is 11.5 Å². The Labute approximate surface area is 250 Å². The highest BCUT2D eigenvalue weighted by Crippen LogP contribution is 2.29. The van der Waals surface area contributed by atoms with Gasteiger partial charge in [0.2, 0.25) is 11.8 Å². The first-order valence-corrected chi connectivity index (χ1v) is 15.0. The van der Waals surface area contributed by atoms with Crippen molar-refractivity contribution in [3.05, 3.63) is 82.8 Å². The van der Waals surface area contributed by atoms with E-state index in [0.29, 0.717) is 57.9 Å². The largest absolute Gasteiger partial charge is 0.492 e. The fraction of sp³-hybridized carbons (Fsp3) is 0.214. The lowest BCUT2D eigenvalue weighted by Gasteiger charge is -2.11. The van der Waals surface area contributed by atoms with Crippen LogP contribution in [0, 0.1) is 0 Å². The van der Waals surface area contributed by atoms with Crippen LogP contribution in [0.3, 0.4) is 0 Å². The number of benzene rings is 3. The molecule has 1 heterocycles. The summed E-state index contributed by atoms with van der Waals surface area (Å²) in [7, 11) is 0. The van der Waals surface area contributed by atoms with Crippen LogP contribution in [-0.4, -0.2) is 59.6 Å². The van der Waals surface area contributed by atoms with Crippen molar-refractivity contribution in [1.82, 2.24) is 20.6 Å². The first kappa shape index (κ1) is 29.8. The van der Waals surface area contributed by atoms with Crippen LogP contribution >= 0.6 is 46.7 Å². The molecule has 208 valence electrons. The van der Waals surface area contributed by atoms with Gasteiger partial charge in [0.25, 0.3) is 0 Å². The number of nitrogens with one attached hydrogen (secondary N) is 2. The Morgan fingerprint density at radius 3 is 1.45 bits per heavy atom. The molecular formula is C28H26Cl2N4O4S2. The molecule has 0 aliphatic heterocycles. The van der Waals surface area contributed by atoms with Crippen LogP contribution < -0.4 is 20.1 Å². The van der Waals surface area contributed by atoms with E-state index in [1.807, 2.05) is 24.3 Å². The zero-order valence-electron chi connectivity index (χ0n) is 21.3. The van der Waals surface area contributed by atoms with E-state index in [0.717, 1.165) is 11.0 Å². The topological polar surface area (TPSA) is 102 Å². The maximum absolute atomic E-state index is 12.4. The van der Waals surface area contributed by atoms with Gasteiger partial charge in [-0.25, -0.2) is 9.97 Å². The van der Waals surface area contributed by atoms with Crippen LogP contribution in [0.1, 0.15) is 0 Å². The number of aromatic nitrogens is 2. The number of rotatable bonds is 14. The molecule has 0 saturated carbocycles. The van der Waals surface area contributed by atoms with Gasteiger partial charge in [0.15, 0.2) is 0 Å². The fourth-order valence-electron chi connectivity index (χ4n) is 3.31. The van der Waals surface area contributed by atoms with Crippen LogP contribution in [0.15, 0.2) is 82.8 Å². The van der Waals surface area contributed by atoms with Gasteiger partial charge in [0, 0.05) is 10.0 Å². The van der Waals surface area contributed by atoms with E-state index in [9.17, 15) is 9.59 Å². The summed E-state index contributed by atoms with van der Waals surface area (Å²) >= 11 is 14.3. The van der Waals surface area contributed by atoms with E-state index in [2.05, 4.69) is 20.6 Å². The van der Waals surface area contributed by atoms with Crippen molar-refractivity contribution in [3.8, 4) is 11.5 Å². The minimum Gasteiger partial charge on any atom is -0.492 e. The van der Waals surface area contributed by atoms with E-state index < -0.39 is 0 Å². The molecule has 2 amide bonds. The molecule has 0 bridgehead atoms. The van der Waals surface area contributed by atoms with E-state index in [1.54, 1.807) is 48.5 Å². The summed E-state index contributed by atoms with van der Waals surface area (Å²) in [5.41, 5.74) is 1.44.